The molecule has 0 saturated carbocycles. The lowest BCUT2D eigenvalue weighted by Gasteiger charge is -2.07. The molecule has 0 saturated heterocycles. The lowest BCUT2D eigenvalue weighted by molar-refractivity contribution is -0.384. The number of nitro benzene ring substituents is 1. The van der Waals surface area contributed by atoms with Crippen molar-refractivity contribution in [1.29, 1.82) is 0 Å². The number of nitrogens with zero attached hydrogens (tertiary/aromatic N) is 1. The molecule has 0 fully saturated rings. The van der Waals surface area contributed by atoms with Crippen LogP contribution in [-0.4, -0.2) is 23.9 Å². The van der Waals surface area contributed by atoms with E-state index in [0.717, 1.165) is 18.2 Å². The molecule has 0 aliphatic carbocycles. The van der Waals surface area contributed by atoms with E-state index in [-0.39, 0.29) is 24.3 Å². The van der Waals surface area contributed by atoms with E-state index < -0.39 is 22.6 Å². The molecule has 0 radical (unpaired) electrons. The van der Waals surface area contributed by atoms with Crippen molar-refractivity contribution in [3.05, 3.63) is 75.8 Å². The van der Waals surface area contributed by atoms with Crippen molar-refractivity contribution in [2.45, 2.75) is 6.18 Å². The molecule has 0 bridgehead atoms. The Morgan fingerprint density at radius 2 is 1.85 bits per heavy atom. The summed E-state index contributed by atoms with van der Waals surface area (Å²) in [5, 5.41) is 16.3. The number of amides is 1. The van der Waals surface area contributed by atoms with Crippen LogP contribution in [0, 0.1) is 10.1 Å². The average molecular weight is 379 g/mol. The largest absolute Gasteiger partial charge is 0.416 e. The monoisotopic (exact) mass is 379 g/mol. The molecule has 142 valence electrons. The van der Waals surface area contributed by atoms with Gasteiger partial charge in [0.05, 0.1) is 10.5 Å². The van der Waals surface area contributed by atoms with E-state index >= 15 is 0 Å². The average Bonchev–Trinajstić information content (AvgIpc) is 2.63. The molecule has 1 amide bonds. The smallest absolute Gasteiger partial charge is 0.378 e. The van der Waals surface area contributed by atoms with Crippen LogP contribution in [0.15, 0.2) is 54.6 Å². The highest BCUT2D eigenvalue weighted by Crippen LogP contribution is 2.29. The highest BCUT2D eigenvalue weighted by Gasteiger charge is 2.30. The summed E-state index contributed by atoms with van der Waals surface area (Å²) in [6.45, 7) is 0.422. The first-order chi connectivity index (χ1) is 12.8. The van der Waals surface area contributed by atoms with Crippen LogP contribution in [0.3, 0.4) is 0 Å². The normalized spacial score (nSPS) is 11.4. The maximum atomic E-state index is 12.6. The Morgan fingerprint density at radius 3 is 2.56 bits per heavy atom. The molecule has 0 atom stereocenters. The van der Waals surface area contributed by atoms with Crippen molar-refractivity contribution in [2.24, 2.45) is 0 Å². The topological polar surface area (TPSA) is 84.3 Å². The van der Waals surface area contributed by atoms with Gasteiger partial charge in [-0.2, -0.15) is 13.2 Å². The van der Waals surface area contributed by atoms with Crippen LogP contribution in [0.25, 0.3) is 6.08 Å². The molecule has 2 aromatic carbocycles. The fourth-order valence-electron chi connectivity index (χ4n) is 2.21. The first-order valence-corrected chi connectivity index (χ1v) is 7.88. The molecule has 0 aliphatic rings. The predicted octanol–water partition coefficient (Wildman–Crippen LogP) is 3.86. The van der Waals surface area contributed by atoms with Crippen LogP contribution < -0.4 is 10.6 Å². The summed E-state index contributed by atoms with van der Waals surface area (Å²) in [5.41, 5.74) is -0.291. The number of carbonyl (C=O) groups excluding carboxylic acids is 1. The third-order valence-corrected chi connectivity index (χ3v) is 3.48. The van der Waals surface area contributed by atoms with Crippen molar-refractivity contribution in [3.63, 3.8) is 0 Å². The van der Waals surface area contributed by atoms with Gasteiger partial charge in [-0.05, 0) is 29.8 Å². The zero-order valence-corrected chi connectivity index (χ0v) is 14.0. The van der Waals surface area contributed by atoms with Gasteiger partial charge in [0.1, 0.15) is 5.69 Å². The zero-order chi connectivity index (χ0) is 19.9. The molecule has 2 aromatic rings. The minimum absolute atomic E-state index is 0.0757. The van der Waals surface area contributed by atoms with Gasteiger partial charge in [0.2, 0.25) is 5.91 Å². The predicted molar refractivity (Wildman–Crippen MR) is 95.1 cm³/mol. The number of halogens is 3. The van der Waals surface area contributed by atoms with Crippen LogP contribution in [0.4, 0.5) is 24.5 Å². The second kappa shape index (κ2) is 8.84. The third kappa shape index (κ3) is 6.14. The number of hydrogen-bond acceptors (Lipinski definition) is 4. The number of nitro groups is 1. The lowest BCUT2D eigenvalue weighted by Crippen LogP contribution is -2.27. The molecular weight excluding hydrogens is 363 g/mol. The Labute approximate surface area is 152 Å². The van der Waals surface area contributed by atoms with Gasteiger partial charge in [0.25, 0.3) is 5.69 Å². The summed E-state index contributed by atoms with van der Waals surface area (Å²) < 4.78 is 37.9. The van der Waals surface area contributed by atoms with Crippen LogP contribution in [0.1, 0.15) is 11.1 Å². The van der Waals surface area contributed by atoms with Gasteiger partial charge in [0, 0.05) is 25.2 Å². The van der Waals surface area contributed by atoms with Crippen LogP contribution in [0.2, 0.25) is 0 Å². The van der Waals surface area contributed by atoms with Gasteiger partial charge >= 0.3 is 6.18 Å². The summed E-state index contributed by atoms with van der Waals surface area (Å²) in [5.74, 6) is -0.489. The molecule has 0 heterocycles. The fraction of sp³-hybridized carbons (Fsp3) is 0.167. The minimum atomic E-state index is -4.45. The van der Waals surface area contributed by atoms with E-state index in [1.54, 1.807) is 18.2 Å². The number of carbonyl (C=O) groups is 1. The first-order valence-electron chi connectivity index (χ1n) is 7.88. The summed E-state index contributed by atoms with van der Waals surface area (Å²) in [6.07, 6.45) is -2.04. The maximum Gasteiger partial charge on any atom is 0.416 e. The number of alkyl halides is 3. The number of benzene rings is 2. The molecular formula is C18H16F3N3O3. The number of rotatable bonds is 7. The Balaban J connectivity index is 1.83. The van der Waals surface area contributed by atoms with Gasteiger partial charge in [-0.3, -0.25) is 14.9 Å². The number of para-hydroxylation sites is 2. The maximum absolute atomic E-state index is 12.6. The van der Waals surface area contributed by atoms with Crippen molar-refractivity contribution >= 4 is 23.4 Å². The molecule has 9 heteroatoms. The second-order valence-corrected chi connectivity index (χ2v) is 5.45. The van der Waals surface area contributed by atoms with Crippen molar-refractivity contribution in [3.8, 4) is 0 Å². The zero-order valence-electron chi connectivity index (χ0n) is 14.0. The second-order valence-electron chi connectivity index (χ2n) is 5.45. The van der Waals surface area contributed by atoms with Gasteiger partial charge in [-0.15, -0.1) is 0 Å². The summed E-state index contributed by atoms with van der Waals surface area (Å²) >= 11 is 0. The van der Waals surface area contributed by atoms with Crippen molar-refractivity contribution in [2.75, 3.05) is 18.4 Å². The van der Waals surface area contributed by atoms with Crippen molar-refractivity contribution < 1.29 is 22.9 Å². The Kier molecular flexibility index (Phi) is 6.53. The minimum Gasteiger partial charge on any atom is -0.378 e. The number of anilines is 1. The summed E-state index contributed by atoms with van der Waals surface area (Å²) in [4.78, 5) is 22.1. The molecule has 2 N–H and O–H groups in total. The molecule has 6 nitrogen and oxygen atoms in total. The Hall–Kier alpha value is -3.36. The Bertz CT molecular complexity index is 851. The van der Waals surface area contributed by atoms with Crippen LogP contribution in [0.5, 0.6) is 0 Å². The first kappa shape index (κ1) is 20.0. The number of nitrogens with one attached hydrogen (secondary N) is 2. The molecule has 0 aliphatic heterocycles. The SMILES string of the molecule is O=C(/C=C/c1cccc(C(F)(F)F)c1)NCCNc1ccccc1[N+](=O)[O-]. The van der Waals surface area contributed by atoms with Crippen molar-refractivity contribution in [1.82, 2.24) is 5.32 Å². The Morgan fingerprint density at radius 1 is 1.11 bits per heavy atom. The third-order valence-electron chi connectivity index (χ3n) is 3.48. The molecule has 0 unspecified atom stereocenters. The summed E-state index contributed by atoms with van der Waals surface area (Å²) in [7, 11) is 0. The van der Waals surface area contributed by atoms with E-state index in [0.29, 0.717) is 5.69 Å². The fourth-order valence-corrected chi connectivity index (χ4v) is 2.21. The molecule has 27 heavy (non-hydrogen) atoms. The van der Waals surface area contributed by atoms with E-state index in [2.05, 4.69) is 10.6 Å². The number of hydrogen-bond donors (Lipinski definition) is 2. The quantitative estimate of drug-likeness (QED) is 0.331. The summed E-state index contributed by atoms with van der Waals surface area (Å²) in [6, 6.07) is 10.7. The standard InChI is InChI=1S/C18H16F3N3O3/c19-18(20,21)14-5-3-4-13(12-14)8-9-17(25)23-11-10-22-15-6-1-2-7-16(15)24(26)27/h1-9,12,22H,10-11H2,(H,23,25)/b9-8+. The van der Waals surface area contributed by atoms with Gasteiger partial charge in [-0.1, -0.05) is 24.3 Å². The van der Waals surface area contributed by atoms with Gasteiger partial charge < -0.3 is 10.6 Å². The van der Waals surface area contributed by atoms with Gasteiger partial charge in [0.15, 0.2) is 0 Å². The van der Waals surface area contributed by atoms with E-state index in [4.69, 9.17) is 0 Å². The highest BCUT2D eigenvalue weighted by atomic mass is 19.4. The van der Waals surface area contributed by atoms with E-state index in [9.17, 15) is 28.1 Å². The molecule has 2 rings (SSSR count). The van der Waals surface area contributed by atoms with E-state index in [1.807, 2.05) is 0 Å². The van der Waals surface area contributed by atoms with Crippen LogP contribution in [-0.2, 0) is 11.0 Å². The van der Waals surface area contributed by atoms with E-state index in [1.165, 1.54) is 24.3 Å². The lowest BCUT2D eigenvalue weighted by atomic mass is 10.1. The van der Waals surface area contributed by atoms with Gasteiger partial charge in [-0.25, -0.2) is 0 Å². The highest BCUT2D eigenvalue weighted by molar-refractivity contribution is 5.91. The van der Waals surface area contributed by atoms with Crippen LogP contribution >= 0.6 is 0 Å². The molecule has 0 spiro atoms. The molecule has 0 aromatic heterocycles.